The molecule has 0 fully saturated rings. The van der Waals surface area contributed by atoms with Crippen LogP contribution >= 0.6 is 15.9 Å². The van der Waals surface area contributed by atoms with Gasteiger partial charge in [-0.15, -0.1) is 0 Å². The molecule has 21 heavy (non-hydrogen) atoms. The minimum absolute atomic E-state index is 0.0190. The molecule has 0 saturated heterocycles. The van der Waals surface area contributed by atoms with E-state index in [0.29, 0.717) is 6.61 Å². The Morgan fingerprint density at radius 3 is 2.57 bits per heavy atom. The molecule has 0 spiro atoms. The first-order chi connectivity index (χ1) is 9.77. The van der Waals surface area contributed by atoms with Gasteiger partial charge in [0.25, 0.3) is 0 Å². The first-order valence-electron chi connectivity index (χ1n) is 6.55. The summed E-state index contributed by atoms with van der Waals surface area (Å²) >= 11 is 3.50. The minimum atomic E-state index is -4.93. The first kappa shape index (κ1) is 17.8. The number of halogens is 4. The van der Waals surface area contributed by atoms with Gasteiger partial charge in [0.05, 0.1) is 12.3 Å². The van der Waals surface area contributed by atoms with Crippen LogP contribution in [0.15, 0.2) is 18.2 Å². The molecular weight excluding hydrogens is 351 g/mol. The summed E-state index contributed by atoms with van der Waals surface area (Å²) < 4.78 is 42.2. The summed E-state index contributed by atoms with van der Waals surface area (Å²) in [6.07, 6.45) is -3.27. The van der Waals surface area contributed by atoms with Crippen LogP contribution in [0.1, 0.15) is 25.8 Å². The topological polar surface area (TPSA) is 38.3 Å². The standard InChI is InChI=1S/C14H17BrF3NO2/c1-3-10(15)7-9-5-6-11(12(8-9)21-4-2)19-13(20)14(16,17)18/h5-6,8,10H,3-4,7H2,1-2H3,(H,19,20). The molecule has 3 nitrogen and oxygen atoms in total. The molecular formula is C14H17BrF3NO2. The van der Waals surface area contributed by atoms with E-state index in [9.17, 15) is 18.0 Å². The third kappa shape index (κ3) is 5.57. The average Bonchev–Trinajstić information content (AvgIpc) is 2.40. The second kappa shape index (κ2) is 7.68. The number of rotatable bonds is 6. The number of carbonyl (C=O) groups is 1. The zero-order chi connectivity index (χ0) is 16.0. The van der Waals surface area contributed by atoms with Crippen molar-refractivity contribution in [2.75, 3.05) is 11.9 Å². The van der Waals surface area contributed by atoms with Gasteiger partial charge in [0, 0.05) is 4.83 Å². The van der Waals surface area contributed by atoms with Gasteiger partial charge in [-0.25, -0.2) is 0 Å². The Bertz CT molecular complexity index is 492. The fourth-order valence-corrected chi connectivity index (χ4v) is 2.04. The van der Waals surface area contributed by atoms with Crippen LogP contribution in [0.25, 0.3) is 0 Å². The van der Waals surface area contributed by atoms with E-state index in [0.717, 1.165) is 18.4 Å². The molecule has 1 N–H and O–H groups in total. The number of amides is 1. The van der Waals surface area contributed by atoms with Crippen molar-refractivity contribution in [3.63, 3.8) is 0 Å². The average molecular weight is 368 g/mol. The van der Waals surface area contributed by atoms with Gasteiger partial charge in [0.1, 0.15) is 5.75 Å². The first-order valence-corrected chi connectivity index (χ1v) is 7.47. The van der Waals surface area contributed by atoms with Gasteiger partial charge < -0.3 is 10.1 Å². The van der Waals surface area contributed by atoms with Gasteiger partial charge in [0.2, 0.25) is 0 Å². The highest BCUT2D eigenvalue weighted by Gasteiger charge is 2.39. The smallest absolute Gasteiger partial charge is 0.471 e. The van der Waals surface area contributed by atoms with Gasteiger partial charge in [-0.3, -0.25) is 4.79 Å². The van der Waals surface area contributed by atoms with Crippen LogP contribution in [0, 0.1) is 0 Å². The maximum Gasteiger partial charge on any atom is 0.471 e. The SMILES string of the molecule is CCOc1cc(CC(Br)CC)ccc1NC(=O)C(F)(F)F. The van der Waals surface area contributed by atoms with Crippen LogP contribution in [0.2, 0.25) is 0 Å². The summed E-state index contributed by atoms with van der Waals surface area (Å²) in [7, 11) is 0. The van der Waals surface area contributed by atoms with Crippen molar-refractivity contribution in [2.45, 2.75) is 37.7 Å². The number of hydrogen-bond donors (Lipinski definition) is 1. The lowest BCUT2D eigenvalue weighted by molar-refractivity contribution is -0.167. The molecule has 0 radical (unpaired) electrons. The number of hydrogen-bond acceptors (Lipinski definition) is 2. The highest BCUT2D eigenvalue weighted by molar-refractivity contribution is 9.09. The fourth-order valence-electron chi connectivity index (χ4n) is 1.67. The lowest BCUT2D eigenvalue weighted by Crippen LogP contribution is -2.30. The monoisotopic (exact) mass is 367 g/mol. The summed E-state index contributed by atoms with van der Waals surface area (Å²) in [5.41, 5.74) is 0.942. The summed E-state index contributed by atoms with van der Waals surface area (Å²) in [5, 5.41) is 1.83. The normalized spacial score (nSPS) is 12.9. The van der Waals surface area contributed by atoms with Crippen molar-refractivity contribution in [3.8, 4) is 5.75 Å². The van der Waals surface area contributed by atoms with Crippen molar-refractivity contribution in [1.29, 1.82) is 0 Å². The largest absolute Gasteiger partial charge is 0.492 e. The van der Waals surface area contributed by atoms with Gasteiger partial charge >= 0.3 is 12.1 Å². The maximum absolute atomic E-state index is 12.3. The molecule has 0 aliphatic rings. The number of nitrogens with one attached hydrogen (secondary N) is 1. The highest BCUT2D eigenvalue weighted by atomic mass is 79.9. The number of alkyl halides is 4. The number of carbonyl (C=O) groups excluding carboxylic acids is 1. The van der Waals surface area contributed by atoms with Gasteiger partial charge in [-0.05, 0) is 37.5 Å². The second-order valence-corrected chi connectivity index (χ2v) is 5.72. The molecule has 1 aromatic carbocycles. The Labute approximate surface area is 130 Å². The lowest BCUT2D eigenvalue weighted by Gasteiger charge is -2.15. The van der Waals surface area contributed by atoms with Crippen molar-refractivity contribution >= 4 is 27.5 Å². The molecule has 0 bridgehead atoms. The van der Waals surface area contributed by atoms with Crippen molar-refractivity contribution in [2.24, 2.45) is 0 Å². The molecule has 0 aliphatic heterocycles. The van der Waals surface area contributed by atoms with E-state index in [4.69, 9.17) is 4.74 Å². The fraction of sp³-hybridized carbons (Fsp3) is 0.500. The van der Waals surface area contributed by atoms with E-state index in [1.54, 1.807) is 19.1 Å². The summed E-state index contributed by atoms with van der Waals surface area (Å²) in [5.74, 6) is -1.77. The number of ether oxygens (including phenoxy) is 1. The quantitative estimate of drug-likeness (QED) is 0.761. The predicted octanol–water partition coefficient (Wildman–Crippen LogP) is 4.30. The third-order valence-corrected chi connectivity index (χ3v) is 3.72. The third-order valence-electron chi connectivity index (χ3n) is 2.75. The zero-order valence-corrected chi connectivity index (χ0v) is 13.3. The molecule has 1 aromatic rings. The summed E-state index contributed by atoms with van der Waals surface area (Å²) in [4.78, 5) is 11.3. The molecule has 0 aliphatic carbocycles. The van der Waals surface area contributed by atoms with Crippen molar-refractivity contribution in [1.82, 2.24) is 0 Å². The molecule has 0 aromatic heterocycles. The number of anilines is 1. The van der Waals surface area contributed by atoms with Crippen LogP contribution in [0.3, 0.4) is 0 Å². The van der Waals surface area contributed by atoms with Gasteiger partial charge in [-0.2, -0.15) is 13.2 Å². The molecule has 118 valence electrons. The number of benzene rings is 1. The van der Waals surface area contributed by atoms with Crippen LogP contribution < -0.4 is 10.1 Å². The molecule has 7 heteroatoms. The summed E-state index contributed by atoms with van der Waals surface area (Å²) in [6, 6.07) is 4.76. The van der Waals surface area contributed by atoms with Crippen LogP contribution in [0.5, 0.6) is 5.75 Å². The Morgan fingerprint density at radius 2 is 2.05 bits per heavy atom. The summed E-state index contributed by atoms with van der Waals surface area (Å²) in [6.45, 7) is 4.05. The van der Waals surface area contributed by atoms with Crippen molar-refractivity contribution < 1.29 is 22.7 Å². The molecule has 0 saturated carbocycles. The Kier molecular flexibility index (Phi) is 6.51. The maximum atomic E-state index is 12.3. The molecule has 0 heterocycles. The van der Waals surface area contributed by atoms with E-state index in [2.05, 4.69) is 15.9 Å². The highest BCUT2D eigenvalue weighted by Crippen LogP contribution is 2.29. The Hall–Kier alpha value is -1.24. The van der Waals surface area contributed by atoms with E-state index < -0.39 is 12.1 Å². The van der Waals surface area contributed by atoms with Gasteiger partial charge in [-0.1, -0.05) is 28.9 Å². The molecule has 1 rings (SSSR count). The minimum Gasteiger partial charge on any atom is -0.492 e. The Balaban J connectivity index is 2.96. The van der Waals surface area contributed by atoms with E-state index >= 15 is 0 Å². The van der Waals surface area contributed by atoms with E-state index in [1.165, 1.54) is 6.07 Å². The lowest BCUT2D eigenvalue weighted by atomic mass is 10.1. The van der Waals surface area contributed by atoms with E-state index in [-0.39, 0.29) is 16.3 Å². The molecule has 1 amide bonds. The molecule has 1 unspecified atom stereocenters. The predicted molar refractivity (Wildman–Crippen MR) is 79.0 cm³/mol. The van der Waals surface area contributed by atoms with Gasteiger partial charge in [0.15, 0.2) is 0 Å². The molecule has 1 atom stereocenters. The van der Waals surface area contributed by atoms with Crippen LogP contribution in [0.4, 0.5) is 18.9 Å². The van der Waals surface area contributed by atoms with E-state index in [1.807, 2.05) is 12.2 Å². The Morgan fingerprint density at radius 1 is 1.38 bits per heavy atom. The van der Waals surface area contributed by atoms with Crippen molar-refractivity contribution in [3.05, 3.63) is 23.8 Å². The second-order valence-electron chi connectivity index (χ2n) is 4.43. The van der Waals surface area contributed by atoms with Crippen LogP contribution in [-0.2, 0) is 11.2 Å². The van der Waals surface area contributed by atoms with Crippen LogP contribution in [-0.4, -0.2) is 23.5 Å². The zero-order valence-electron chi connectivity index (χ0n) is 11.8.